The van der Waals surface area contributed by atoms with Gasteiger partial charge in [-0.1, -0.05) is 18.2 Å². The van der Waals surface area contributed by atoms with E-state index in [1.165, 1.54) is 17.0 Å². The molecule has 148 valence electrons. The molecule has 2 aromatic carbocycles. The van der Waals surface area contributed by atoms with Crippen LogP contribution in [0.15, 0.2) is 60.8 Å². The number of carbonyl (C=O) groups is 2. The molecule has 0 aliphatic carbocycles. The third-order valence-corrected chi connectivity index (χ3v) is 4.89. The number of anilines is 2. The lowest BCUT2D eigenvalue weighted by Gasteiger charge is -2.18. The van der Waals surface area contributed by atoms with E-state index in [0.29, 0.717) is 16.9 Å². The van der Waals surface area contributed by atoms with Crippen molar-refractivity contribution in [3.05, 3.63) is 66.4 Å². The molecule has 0 radical (unpaired) electrons. The van der Waals surface area contributed by atoms with Crippen molar-refractivity contribution in [3.8, 4) is 0 Å². The normalized spacial score (nSPS) is 17.0. The van der Waals surface area contributed by atoms with Gasteiger partial charge >= 0.3 is 6.18 Å². The lowest BCUT2D eigenvalue weighted by Crippen LogP contribution is -2.28. The summed E-state index contributed by atoms with van der Waals surface area (Å²) in [5.74, 6) is -1.24. The Balaban J connectivity index is 1.49. The van der Waals surface area contributed by atoms with Crippen LogP contribution in [0.5, 0.6) is 0 Å². The number of alkyl halides is 3. The molecule has 2 amide bonds. The molecule has 0 spiro atoms. The van der Waals surface area contributed by atoms with Crippen molar-refractivity contribution >= 4 is 34.1 Å². The number of benzene rings is 2. The Bertz CT molecular complexity index is 1080. The summed E-state index contributed by atoms with van der Waals surface area (Å²) < 4.78 is 38.2. The summed E-state index contributed by atoms with van der Waals surface area (Å²) in [4.78, 5) is 30.7. The summed E-state index contributed by atoms with van der Waals surface area (Å²) in [6.45, 7) is 0.105. The molecule has 8 heteroatoms. The Morgan fingerprint density at radius 2 is 1.79 bits per heavy atom. The molecule has 1 aliphatic rings. The quantitative estimate of drug-likeness (QED) is 0.717. The molecular formula is C21H16F3N3O2. The van der Waals surface area contributed by atoms with E-state index >= 15 is 0 Å². The van der Waals surface area contributed by atoms with Crippen LogP contribution in [0.3, 0.4) is 0 Å². The van der Waals surface area contributed by atoms with Gasteiger partial charge in [0.25, 0.3) is 0 Å². The van der Waals surface area contributed by atoms with Crippen LogP contribution in [0.4, 0.5) is 24.5 Å². The summed E-state index contributed by atoms with van der Waals surface area (Å²) in [6, 6.07) is 13.4. The largest absolute Gasteiger partial charge is 0.416 e. The maximum atomic E-state index is 12.7. The van der Waals surface area contributed by atoms with E-state index in [2.05, 4.69) is 10.3 Å². The van der Waals surface area contributed by atoms with Gasteiger partial charge in [-0.15, -0.1) is 0 Å². The molecular weight excluding hydrogens is 383 g/mol. The first-order valence-corrected chi connectivity index (χ1v) is 8.95. The van der Waals surface area contributed by atoms with Gasteiger partial charge < -0.3 is 10.2 Å². The van der Waals surface area contributed by atoms with E-state index in [-0.39, 0.29) is 24.8 Å². The van der Waals surface area contributed by atoms with Crippen molar-refractivity contribution in [3.63, 3.8) is 0 Å². The predicted molar refractivity (Wildman–Crippen MR) is 102 cm³/mol. The number of carbonyl (C=O) groups excluding carboxylic acids is 2. The summed E-state index contributed by atoms with van der Waals surface area (Å²) in [5, 5.41) is 3.69. The first-order chi connectivity index (χ1) is 13.8. The average molecular weight is 399 g/mol. The summed E-state index contributed by atoms with van der Waals surface area (Å²) in [6.07, 6.45) is -2.82. The number of hydrogen-bond donors (Lipinski definition) is 1. The van der Waals surface area contributed by atoms with Gasteiger partial charge in [0.15, 0.2) is 0 Å². The SMILES string of the molecule is O=C(Nc1cccc2cccnc12)C1CC(=O)N(c2ccc(C(F)(F)F)cc2)C1. The van der Waals surface area contributed by atoms with Crippen molar-refractivity contribution in [2.45, 2.75) is 12.6 Å². The van der Waals surface area contributed by atoms with E-state index in [1.807, 2.05) is 12.1 Å². The number of nitrogens with one attached hydrogen (secondary N) is 1. The second kappa shape index (κ2) is 7.20. The predicted octanol–water partition coefficient (Wildman–Crippen LogP) is 4.25. The van der Waals surface area contributed by atoms with Crippen molar-refractivity contribution < 1.29 is 22.8 Å². The van der Waals surface area contributed by atoms with Crippen LogP contribution in [0, 0.1) is 5.92 Å². The fourth-order valence-electron chi connectivity index (χ4n) is 3.40. The second-order valence-electron chi connectivity index (χ2n) is 6.82. The molecule has 1 fully saturated rings. The smallest absolute Gasteiger partial charge is 0.324 e. The number of fused-ring (bicyclic) bond motifs is 1. The number of nitrogens with zero attached hydrogens (tertiary/aromatic N) is 2. The maximum Gasteiger partial charge on any atom is 0.416 e. The number of hydrogen-bond acceptors (Lipinski definition) is 3. The van der Waals surface area contributed by atoms with Crippen LogP contribution in [0.2, 0.25) is 0 Å². The first-order valence-electron chi connectivity index (χ1n) is 8.95. The zero-order chi connectivity index (χ0) is 20.6. The molecule has 3 aromatic rings. The van der Waals surface area contributed by atoms with Gasteiger partial charge in [-0.25, -0.2) is 0 Å². The average Bonchev–Trinajstić information content (AvgIpc) is 3.09. The van der Waals surface area contributed by atoms with Gasteiger partial charge in [-0.3, -0.25) is 14.6 Å². The summed E-state index contributed by atoms with van der Waals surface area (Å²) in [5.41, 5.74) is 0.747. The van der Waals surface area contributed by atoms with Crippen LogP contribution in [0.1, 0.15) is 12.0 Å². The maximum absolute atomic E-state index is 12.7. The standard InChI is InChI=1S/C21H16F3N3O2/c22-21(23,24)15-6-8-16(9-7-15)27-12-14(11-18(27)28)20(29)26-17-5-1-3-13-4-2-10-25-19(13)17/h1-10,14H,11-12H2,(H,26,29). The summed E-state index contributed by atoms with van der Waals surface area (Å²) in [7, 11) is 0. The van der Waals surface area contributed by atoms with Crippen LogP contribution in [-0.2, 0) is 15.8 Å². The second-order valence-corrected chi connectivity index (χ2v) is 6.82. The zero-order valence-electron chi connectivity index (χ0n) is 15.1. The molecule has 29 heavy (non-hydrogen) atoms. The zero-order valence-corrected chi connectivity index (χ0v) is 15.1. The van der Waals surface area contributed by atoms with E-state index in [0.717, 1.165) is 17.5 Å². The number of amides is 2. The van der Waals surface area contributed by atoms with E-state index < -0.39 is 17.7 Å². The highest BCUT2D eigenvalue weighted by Crippen LogP contribution is 2.32. The molecule has 5 nitrogen and oxygen atoms in total. The van der Waals surface area contributed by atoms with Gasteiger partial charge in [0.2, 0.25) is 11.8 Å². The van der Waals surface area contributed by atoms with Gasteiger partial charge in [0.05, 0.1) is 22.7 Å². The minimum Gasteiger partial charge on any atom is -0.324 e. The third-order valence-electron chi connectivity index (χ3n) is 4.89. The Labute approximate surface area is 164 Å². The van der Waals surface area contributed by atoms with Crippen LogP contribution < -0.4 is 10.2 Å². The van der Waals surface area contributed by atoms with Gasteiger partial charge in [-0.05, 0) is 36.4 Å². The fraction of sp³-hybridized carbons (Fsp3) is 0.190. The van der Waals surface area contributed by atoms with Gasteiger partial charge in [0.1, 0.15) is 0 Å². The Kier molecular flexibility index (Phi) is 4.70. The van der Waals surface area contributed by atoms with Crippen molar-refractivity contribution in [1.29, 1.82) is 0 Å². The van der Waals surface area contributed by atoms with E-state index in [9.17, 15) is 22.8 Å². The highest BCUT2D eigenvalue weighted by Gasteiger charge is 2.36. The highest BCUT2D eigenvalue weighted by atomic mass is 19.4. The van der Waals surface area contributed by atoms with Crippen LogP contribution in [0.25, 0.3) is 10.9 Å². The molecule has 2 heterocycles. The molecule has 1 atom stereocenters. The number of para-hydroxylation sites is 1. The molecule has 1 aromatic heterocycles. The van der Waals surface area contributed by atoms with Crippen molar-refractivity contribution in [2.24, 2.45) is 5.92 Å². The topological polar surface area (TPSA) is 62.3 Å². The molecule has 1 saturated heterocycles. The Morgan fingerprint density at radius 3 is 2.52 bits per heavy atom. The minimum atomic E-state index is -4.44. The monoisotopic (exact) mass is 399 g/mol. The van der Waals surface area contributed by atoms with Gasteiger partial charge in [0, 0.05) is 30.2 Å². The molecule has 1 aliphatic heterocycles. The molecule has 1 unspecified atom stereocenters. The highest BCUT2D eigenvalue weighted by molar-refractivity contribution is 6.06. The van der Waals surface area contributed by atoms with Crippen molar-refractivity contribution in [2.75, 3.05) is 16.8 Å². The lowest BCUT2D eigenvalue weighted by molar-refractivity contribution is -0.137. The van der Waals surface area contributed by atoms with E-state index in [1.54, 1.807) is 24.4 Å². The Morgan fingerprint density at radius 1 is 1.07 bits per heavy atom. The first kappa shape index (κ1) is 18.9. The fourth-order valence-corrected chi connectivity index (χ4v) is 3.40. The molecule has 4 rings (SSSR count). The number of rotatable bonds is 3. The molecule has 1 N–H and O–H groups in total. The molecule has 0 bridgehead atoms. The van der Waals surface area contributed by atoms with Crippen LogP contribution in [-0.4, -0.2) is 23.3 Å². The van der Waals surface area contributed by atoms with Crippen LogP contribution >= 0.6 is 0 Å². The van der Waals surface area contributed by atoms with E-state index in [4.69, 9.17) is 0 Å². The molecule has 0 saturated carbocycles. The summed E-state index contributed by atoms with van der Waals surface area (Å²) >= 11 is 0. The number of aromatic nitrogens is 1. The number of pyridine rings is 1. The van der Waals surface area contributed by atoms with Gasteiger partial charge in [-0.2, -0.15) is 13.2 Å². The third kappa shape index (κ3) is 3.78. The minimum absolute atomic E-state index is 0.00888. The number of halogens is 3. The lowest BCUT2D eigenvalue weighted by atomic mass is 10.1. The van der Waals surface area contributed by atoms with Crippen molar-refractivity contribution in [1.82, 2.24) is 4.98 Å². The Hall–Kier alpha value is -3.42.